The van der Waals surface area contributed by atoms with Crippen LogP contribution in [0.1, 0.15) is 39.2 Å². The molecule has 39 heavy (non-hydrogen) atoms. The summed E-state index contributed by atoms with van der Waals surface area (Å²) in [5, 5.41) is 40.2. The van der Waals surface area contributed by atoms with Gasteiger partial charge in [-0.25, -0.2) is 5.48 Å². The number of aliphatic hydroxyl groups excluding tert-OH is 2. The molecule has 8 N–H and O–H groups in total. The summed E-state index contributed by atoms with van der Waals surface area (Å²) < 4.78 is 5.73. The van der Waals surface area contributed by atoms with Gasteiger partial charge in [-0.05, 0) is 31.9 Å². The molecule has 1 aliphatic heterocycles. The van der Waals surface area contributed by atoms with Crippen molar-refractivity contribution >= 4 is 23.6 Å². The second kappa shape index (κ2) is 15.5. The molecule has 0 aliphatic carbocycles. The molecule has 4 amide bonds. The Morgan fingerprint density at radius 2 is 1.74 bits per heavy atom. The minimum Gasteiger partial charge on any atom is -0.391 e. The number of hydroxylamine groups is 1. The van der Waals surface area contributed by atoms with E-state index in [-0.39, 0.29) is 24.9 Å². The zero-order chi connectivity index (χ0) is 29.1. The molecule has 0 spiro atoms. The van der Waals surface area contributed by atoms with E-state index < -0.39 is 66.6 Å². The first-order chi connectivity index (χ1) is 18.5. The molecular formula is C26H41N5O8. The number of aliphatic hydroxyl groups is 2. The number of carbonyl (C=O) groups is 4. The van der Waals surface area contributed by atoms with Gasteiger partial charge in [0.2, 0.25) is 17.7 Å². The average molecular weight is 552 g/mol. The number of hydrogen-bond acceptors (Lipinski definition) is 9. The Kier molecular flexibility index (Phi) is 12.7. The van der Waals surface area contributed by atoms with Crippen LogP contribution >= 0.6 is 0 Å². The first-order valence-electron chi connectivity index (χ1n) is 13.0. The quantitative estimate of drug-likeness (QED) is 0.107. The average Bonchev–Trinajstić information content (AvgIpc) is 2.89. The van der Waals surface area contributed by atoms with E-state index in [0.29, 0.717) is 6.42 Å². The Labute approximate surface area is 228 Å². The zero-order valence-corrected chi connectivity index (χ0v) is 22.7. The number of benzene rings is 1. The van der Waals surface area contributed by atoms with Crippen LogP contribution in [0.15, 0.2) is 30.3 Å². The molecule has 7 atom stereocenters. The standard InChI is InChI=1S/C26H41N5O8/c1-14(2)10-17(22(34)25(37)31-38)23(35)29-18(12-16-8-6-5-7-9-16)24(36)28-13-20(33)30-26-21(27-4)19(32)11-15(3)39-26/h5-9,14-15,17-19,21-22,26-27,32,34,38H,10-13H2,1-4H3,(H,28,36)(H,29,35)(H,30,33)(H,31,37)/t15-,17-,18+,19?,21-,22+,26-/m1/s1. The van der Waals surface area contributed by atoms with Crippen LogP contribution < -0.4 is 26.7 Å². The summed E-state index contributed by atoms with van der Waals surface area (Å²) in [6, 6.07) is 7.21. The third-order valence-electron chi connectivity index (χ3n) is 6.49. The molecule has 1 aromatic rings. The zero-order valence-electron chi connectivity index (χ0n) is 22.7. The minimum absolute atomic E-state index is 0.0774. The van der Waals surface area contributed by atoms with Crippen molar-refractivity contribution in [3.63, 3.8) is 0 Å². The third kappa shape index (κ3) is 9.86. The van der Waals surface area contributed by atoms with Crippen LogP contribution in [0.2, 0.25) is 0 Å². The van der Waals surface area contributed by atoms with Crippen LogP contribution in [0, 0.1) is 11.8 Å². The molecule has 13 heteroatoms. The maximum Gasteiger partial charge on any atom is 0.272 e. The van der Waals surface area contributed by atoms with E-state index in [4.69, 9.17) is 9.94 Å². The van der Waals surface area contributed by atoms with Crippen LogP contribution in [-0.4, -0.2) is 89.3 Å². The number of amides is 4. The van der Waals surface area contributed by atoms with Gasteiger partial charge in [0, 0.05) is 12.8 Å². The summed E-state index contributed by atoms with van der Waals surface area (Å²) in [6.07, 6.45) is -3.06. The molecule has 13 nitrogen and oxygen atoms in total. The highest BCUT2D eigenvalue weighted by Crippen LogP contribution is 2.19. The largest absolute Gasteiger partial charge is 0.391 e. The molecule has 0 saturated carbocycles. The van der Waals surface area contributed by atoms with Crippen molar-refractivity contribution in [2.45, 2.75) is 76.7 Å². The summed E-state index contributed by atoms with van der Waals surface area (Å²) in [7, 11) is 1.64. The van der Waals surface area contributed by atoms with Crippen molar-refractivity contribution in [1.29, 1.82) is 0 Å². The van der Waals surface area contributed by atoms with Gasteiger partial charge < -0.3 is 36.2 Å². The molecule has 1 aromatic carbocycles. The first-order valence-corrected chi connectivity index (χ1v) is 13.0. The summed E-state index contributed by atoms with van der Waals surface area (Å²) >= 11 is 0. The van der Waals surface area contributed by atoms with Crippen LogP contribution in [0.5, 0.6) is 0 Å². The van der Waals surface area contributed by atoms with Crippen molar-refractivity contribution in [3.05, 3.63) is 35.9 Å². The number of ether oxygens (including phenoxy) is 1. The molecular weight excluding hydrogens is 510 g/mol. The van der Waals surface area contributed by atoms with E-state index in [1.165, 1.54) is 5.48 Å². The molecule has 218 valence electrons. The van der Waals surface area contributed by atoms with Crippen molar-refractivity contribution in [1.82, 2.24) is 26.7 Å². The Hall–Kier alpha value is -3.10. The SMILES string of the molecule is CN[C@@H]1C(O)C[C@@H](C)O[C@H]1NC(=O)CNC(=O)[C@H](Cc1ccccc1)NC(=O)[C@H](CC(C)C)[C@H](O)C(=O)NO. The van der Waals surface area contributed by atoms with Gasteiger partial charge in [-0.3, -0.25) is 24.4 Å². The van der Waals surface area contributed by atoms with Gasteiger partial charge >= 0.3 is 0 Å². The third-order valence-corrected chi connectivity index (χ3v) is 6.49. The van der Waals surface area contributed by atoms with Crippen molar-refractivity contribution in [2.75, 3.05) is 13.6 Å². The van der Waals surface area contributed by atoms with Gasteiger partial charge in [0.25, 0.3) is 5.91 Å². The van der Waals surface area contributed by atoms with Gasteiger partial charge in [0.05, 0.1) is 30.7 Å². The predicted octanol–water partition coefficient (Wildman–Crippen LogP) is -1.44. The van der Waals surface area contributed by atoms with E-state index >= 15 is 0 Å². The van der Waals surface area contributed by atoms with Crippen molar-refractivity contribution in [2.24, 2.45) is 11.8 Å². The Bertz CT molecular complexity index is 963. The van der Waals surface area contributed by atoms with E-state index in [1.807, 2.05) is 0 Å². The lowest BCUT2D eigenvalue weighted by Crippen LogP contribution is -2.61. The van der Waals surface area contributed by atoms with Crippen LogP contribution in [0.4, 0.5) is 0 Å². The maximum absolute atomic E-state index is 13.1. The van der Waals surface area contributed by atoms with Gasteiger partial charge in [0.1, 0.15) is 18.4 Å². The summed E-state index contributed by atoms with van der Waals surface area (Å²) in [5.74, 6) is -4.43. The highest BCUT2D eigenvalue weighted by atomic mass is 16.5. The molecule has 0 aromatic heterocycles. The molecule has 0 radical (unpaired) electrons. The highest BCUT2D eigenvalue weighted by molar-refractivity contribution is 5.93. The monoisotopic (exact) mass is 551 g/mol. The second-order valence-corrected chi connectivity index (χ2v) is 10.2. The molecule has 1 fully saturated rings. The molecule has 0 bridgehead atoms. The van der Waals surface area contributed by atoms with E-state index in [1.54, 1.807) is 58.2 Å². The molecule has 1 saturated heterocycles. The molecule has 2 rings (SSSR count). The van der Waals surface area contributed by atoms with Crippen molar-refractivity contribution in [3.8, 4) is 0 Å². The van der Waals surface area contributed by atoms with Crippen molar-refractivity contribution < 1.29 is 39.3 Å². The summed E-state index contributed by atoms with van der Waals surface area (Å²) in [4.78, 5) is 50.7. The van der Waals surface area contributed by atoms with E-state index in [0.717, 1.165) is 5.56 Å². The van der Waals surface area contributed by atoms with Gasteiger partial charge in [-0.15, -0.1) is 0 Å². The number of likely N-dealkylation sites (N-methyl/N-ethyl adjacent to an activating group) is 1. The van der Waals surface area contributed by atoms with Crippen LogP contribution in [0.25, 0.3) is 0 Å². The molecule has 1 aliphatic rings. The normalized spacial score (nSPS) is 23.3. The fraction of sp³-hybridized carbons (Fsp3) is 0.615. The van der Waals surface area contributed by atoms with E-state index in [9.17, 15) is 29.4 Å². The lowest BCUT2D eigenvalue weighted by atomic mass is 9.90. The fourth-order valence-corrected chi connectivity index (χ4v) is 4.52. The Morgan fingerprint density at radius 3 is 2.33 bits per heavy atom. The smallest absolute Gasteiger partial charge is 0.272 e. The number of nitrogens with one attached hydrogen (secondary N) is 5. The van der Waals surface area contributed by atoms with Crippen LogP contribution in [0.3, 0.4) is 0 Å². The lowest BCUT2D eigenvalue weighted by molar-refractivity contribution is -0.147. The lowest BCUT2D eigenvalue weighted by Gasteiger charge is -2.38. The first kappa shape index (κ1) is 32.1. The van der Waals surface area contributed by atoms with Gasteiger partial charge in [-0.1, -0.05) is 44.2 Å². The number of rotatable bonds is 13. The molecule has 1 heterocycles. The second-order valence-electron chi connectivity index (χ2n) is 10.2. The maximum atomic E-state index is 13.1. The number of hydrogen-bond donors (Lipinski definition) is 8. The van der Waals surface area contributed by atoms with Crippen LogP contribution in [-0.2, 0) is 30.3 Å². The predicted molar refractivity (Wildman–Crippen MR) is 140 cm³/mol. The van der Waals surface area contributed by atoms with Gasteiger partial charge in [-0.2, -0.15) is 0 Å². The fourth-order valence-electron chi connectivity index (χ4n) is 4.52. The summed E-state index contributed by atoms with van der Waals surface area (Å²) in [5.41, 5.74) is 2.07. The summed E-state index contributed by atoms with van der Waals surface area (Å²) in [6.45, 7) is 4.95. The molecule has 1 unspecified atom stereocenters. The topological polar surface area (TPSA) is 198 Å². The Balaban J connectivity index is 2.12. The minimum atomic E-state index is -1.84. The van der Waals surface area contributed by atoms with E-state index in [2.05, 4.69) is 21.3 Å². The highest BCUT2D eigenvalue weighted by Gasteiger charge is 2.37. The Morgan fingerprint density at radius 1 is 1.08 bits per heavy atom. The van der Waals surface area contributed by atoms with Gasteiger partial charge in [0.15, 0.2) is 0 Å². The number of carbonyl (C=O) groups excluding carboxylic acids is 4.